The molecule has 1 aromatic carbocycles. The molecule has 1 N–H and O–H groups in total. The second-order valence-electron chi connectivity index (χ2n) is 5.76. The summed E-state index contributed by atoms with van der Waals surface area (Å²) in [5.41, 5.74) is 0.761. The number of carbonyl (C=O) groups excluding carboxylic acids is 1. The van der Waals surface area contributed by atoms with Crippen LogP contribution in [0.15, 0.2) is 55.1 Å². The van der Waals surface area contributed by atoms with Crippen LogP contribution in [0.4, 0.5) is 19.0 Å². The largest absolute Gasteiger partial charge is 0.416 e. The molecule has 27 heavy (non-hydrogen) atoms. The number of carbonyl (C=O) groups is 1. The molecule has 5 nitrogen and oxygen atoms in total. The summed E-state index contributed by atoms with van der Waals surface area (Å²) in [7, 11) is 0. The van der Waals surface area contributed by atoms with Crippen LogP contribution in [0, 0.1) is 0 Å². The number of benzene rings is 1. The summed E-state index contributed by atoms with van der Waals surface area (Å²) in [6, 6.07) is 8.30. The molecule has 0 atom stereocenters. The molecule has 0 fully saturated rings. The van der Waals surface area contributed by atoms with Gasteiger partial charge in [-0.15, -0.1) is 11.6 Å². The maximum Gasteiger partial charge on any atom is 0.416 e. The van der Waals surface area contributed by atoms with Crippen LogP contribution in [0.5, 0.6) is 0 Å². The predicted molar refractivity (Wildman–Crippen MR) is 94.5 cm³/mol. The Morgan fingerprint density at radius 1 is 1.19 bits per heavy atom. The summed E-state index contributed by atoms with van der Waals surface area (Å²) >= 11 is 5.65. The van der Waals surface area contributed by atoms with E-state index in [9.17, 15) is 18.0 Å². The molecule has 3 rings (SSSR count). The Hall–Kier alpha value is -2.87. The van der Waals surface area contributed by atoms with E-state index in [2.05, 4.69) is 15.3 Å². The van der Waals surface area contributed by atoms with Gasteiger partial charge in [0, 0.05) is 18.9 Å². The van der Waals surface area contributed by atoms with Crippen molar-refractivity contribution in [3.63, 3.8) is 0 Å². The number of nitrogens with zero attached hydrogens (tertiary/aromatic N) is 3. The Morgan fingerprint density at radius 2 is 2.00 bits per heavy atom. The van der Waals surface area contributed by atoms with E-state index >= 15 is 0 Å². The van der Waals surface area contributed by atoms with Gasteiger partial charge >= 0.3 is 6.18 Å². The number of halogens is 4. The average molecular weight is 395 g/mol. The molecule has 2 aromatic heterocycles. The third-order valence-electron chi connectivity index (χ3n) is 3.72. The first-order valence-electron chi connectivity index (χ1n) is 7.85. The topological polar surface area (TPSA) is 59.8 Å². The Balaban J connectivity index is 1.67. The molecule has 0 saturated carbocycles. The first-order valence-corrected chi connectivity index (χ1v) is 8.39. The molecule has 140 valence electrons. The number of alkyl halides is 4. The molecule has 0 aliphatic heterocycles. The Labute approximate surface area is 157 Å². The minimum absolute atomic E-state index is 0.193. The van der Waals surface area contributed by atoms with Crippen LogP contribution in [0.25, 0.3) is 0 Å². The molecular formula is C18H14ClF3N4O. The fourth-order valence-corrected chi connectivity index (χ4v) is 2.55. The first-order chi connectivity index (χ1) is 12.8. The van der Waals surface area contributed by atoms with Crippen molar-refractivity contribution in [2.45, 2.75) is 18.6 Å². The number of hydrogen-bond donors (Lipinski definition) is 1. The highest BCUT2D eigenvalue weighted by molar-refractivity contribution is 6.16. The van der Waals surface area contributed by atoms with Crippen LogP contribution in [0.2, 0.25) is 0 Å². The molecule has 9 heteroatoms. The molecule has 0 spiro atoms. The highest BCUT2D eigenvalue weighted by Gasteiger charge is 2.30. The van der Waals surface area contributed by atoms with Gasteiger partial charge in [0.15, 0.2) is 5.82 Å². The molecule has 3 aromatic rings. The molecule has 0 saturated heterocycles. The molecule has 0 unspecified atom stereocenters. The predicted octanol–water partition coefficient (Wildman–Crippen LogP) is 4.34. The van der Waals surface area contributed by atoms with E-state index < -0.39 is 17.6 Å². The van der Waals surface area contributed by atoms with Gasteiger partial charge in [-0.05, 0) is 29.8 Å². The number of imidazole rings is 1. The van der Waals surface area contributed by atoms with Crippen molar-refractivity contribution in [2.75, 3.05) is 5.32 Å². The number of anilines is 1. The van der Waals surface area contributed by atoms with Crippen molar-refractivity contribution in [2.24, 2.45) is 0 Å². The highest BCUT2D eigenvalue weighted by atomic mass is 35.5. The van der Waals surface area contributed by atoms with Gasteiger partial charge in [0.1, 0.15) is 0 Å². The number of pyridine rings is 1. The summed E-state index contributed by atoms with van der Waals surface area (Å²) < 4.78 is 39.9. The van der Waals surface area contributed by atoms with Crippen LogP contribution >= 0.6 is 11.6 Å². The smallest absolute Gasteiger partial charge is 0.331 e. The molecule has 2 heterocycles. The number of rotatable bonds is 5. The van der Waals surface area contributed by atoms with Gasteiger partial charge in [0.05, 0.1) is 29.0 Å². The SMILES string of the molecule is O=C(Nc1cn(Cc2cccc(C(F)(F)F)c2)cn1)c1ccc(CCl)nc1. The highest BCUT2D eigenvalue weighted by Crippen LogP contribution is 2.29. The summed E-state index contributed by atoms with van der Waals surface area (Å²) in [4.78, 5) is 20.3. The summed E-state index contributed by atoms with van der Waals surface area (Å²) in [5, 5.41) is 2.61. The van der Waals surface area contributed by atoms with Crippen LogP contribution in [0.3, 0.4) is 0 Å². The zero-order valence-corrected chi connectivity index (χ0v) is 14.6. The molecular weight excluding hydrogens is 381 g/mol. The van der Waals surface area contributed by atoms with Gasteiger partial charge in [-0.1, -0.05) is 12.1 Å². The van der Waals surface area contributed by atoms with Crippen molar-refractivity contribution in [1.29, 1.82) is 0 Å². The van der Waals surface area contributed by atoms with Crippen LogP contribution < -0.4 is 5.32 Å². The summed E-state index contributed by atoms with van der Waals surface area (Å²) in [6.45, 7) is 0.193. The number of hydrogen-bond acceptors (Lipinski definition) is 3. The van der Waals surface area contributed by atoms with Crippen molar-refractivity contribution < 1.29 is 18.0 Å². The fourth-order valence-electron chi connectivity index (χ4n) is 2.39. The third kappa shape index (κ3) is 4.85. The van der Waals surface area contributed by atoms with Crippen molar-refractivity contribution in [1.82, 2.24) is 14.5 Å². The zero-order chi connectivity index (χ0) is 19.4. The minimum atomic E-state index is -4.39. The lowest BCUT2D eigenvalue weighted by atomic mass is 10.1. The van der Waals surface area contributed by atoms with E-state index in [1.807, 2.05) is 0 Å². The molecule has 0 bridgehead atoms. The van der Waals surface area contributed by atoms with E-state index in [-0.39, 0.29) is 18.2 Å². The number of nitrogens with one attached hydrogen (secondary N) is 1. The van der Waals surface area contributed by atoms with Gasteiger partial charge < -0.3 is 9.88 Å². The van der Waals surface area contributed by atoms with Gasteiger partial charge in [0.2, 0.25) is 0 Å². The van der Waals surface area contributed by atoms with Crippen molar-refractivity contribution in [3.05, 3.63) is 77.5 Å². The van der Waals surface area contributed by atoms with Gasteiger partial charge in [-0.25, -0.2) is 4.98 Å². The normalized spacial score (nSPS) is 11.4. The maximum atomic E-state index is 12.8. The lowest BCUT2D eigenvalue weighted by Crippen LogP contribution is -2.12. The lowest BCUT2D eigenvalue weighted by Gasteiger charge is -2.09. The van der Waals surface area contributed by atoms with Crippen LogP contribution in [-0.2, 0) is 18.6 Å². The van der Waals surface area contributed by atoms with Crippen LogP contribution in [0.1, 0.15) is 27.2 Å². The molecule has 1 amide bonds. The molecule has 0 radical (unpaired) electrons. The minimum Gasteiger partial charge on any atom is -0.331 e. The van der Waals surface area contributed by atoms with Gasteiger partial charge in [0.25, 0.3) is 5.91 Å². The zero-order valence-electron chi connectivity index (χ0n) is 13.9. The molecule has 0 aliphatic carbocycles. The Bertz CT molecular complexity index is 938. The summed E-state index contributed by atoms with van der Waals surface area (Å²) in [5.74, 6) is 0.142. The van der Waals surface area contributed by atoms with E-state index in [1.165, 1.54) is 18.6 Å². The average Bonchev–Trinajstić information content (AvgIpc) is 3.08. The van der Waals surface area contributed by atoms with E-state index in [1.54, 1.807) is 29.0 Å². The number of amides is 1. The van der Waals surface area contributed by atoms with E-state index in [4.69, 9.17) is 11.6 Å². The van der Waals surface area contributed by atoms with Crippen LogP contribution in [-0.4, -0.2) is 20.4 Å². The third-order valence-corrected chi connectivity index (χ3v) is 3.99. The quantitative estimate of drug-likeness (QED) is 0.655. The molecule has 0 aliphatic rings. The van der Waals surface area contributed by atoms with Crippen molar-refractivity contribution in [3.8, 4) is 0 Å². The van der Waals surface area contributed by atoms with Crippen molar-refractivity contribution >= 4 is 23.3 Å². The monoisotopic (exact) mass is 394 g/mol. The van der Waals surface area contributed by atoms with E-state index in [0.29, 0.717) is 16.8 Å². The van der Waals surface area contributed by atoms with E-state index in [0.717, 1.165) is 12.1 Å². The van der Waals surface area contributed by atoms with Gasteiger partial charge in [-0.2, -0.15) is 13.2 Å². The second kappa shape index (κ2) is 7.79. The Morgan fingerprint density at radius 3 is 2.67 bits per heavy atom. The fraction of sp³-hybridized carbons (Fsp3) is 0.167. The first kappa shape index (κ1) is 18.9. The summed E-state index contributed by atoms with van der Waals surface area (Å²) in [6.07, 6.45) is -0.00670. The number of aromatic nitrogens is 3. The second-order valence-corrected chi connectivity index (χ2v) is 6.02. The lowest BCUT2D eigenvalue weighted by molar-refractivity contribution is -0.137. The maximum absolute atomic E-state index is 12.8. The van der Waals surface area contributed by atoms with Gasteiger partial charge in [-0.3, -0.25) is 9.78 Å². The standard InChI is InChI=1S/C18H14ClF3N4O/c19-7-15-5-4-13(8-23-15)17(27)25-16-10-26(11-24-16)9-12-2-1-3-14(6-12)18(20,21)22/h1-6,8,10-11H,7,9H2,(H,25,27). The Kier molecular flexibility index (Phi) is 5.46.